The van der Waals surface area contributed by atoms with Crippen molar-refractivity contribution in [2.24, 2.45) is 10.5 Å². The zero-order chi connectivity index (χ0) is 12.2. The van der Waals surface area contributed by atoms with E-state index in [9.17, 15) is 4.79 Å². The third kappa shape index (κ3) is 3.73. The van der Waals surface area contributed by atoms with Crippen LogP contribution in [0.5, 0.6) is 5.75 Å². The number of phenolic OH excluding ortho intramolecular Hbond substituents is 1. The van der Waals surface area contributed by atoms with Crippen LogP contribution in [-0.4, -0.2) is 17.2 Å². The maximum Gasteiger partial charge on any atom is 0.245 e. The predicted octanol–water partition coefficient (Wildman–Crippen LogP) is 1.89. The minimum atomic E-state index is -0.452. The highest BCUT2D eigenvalue weighted by molar-refractivity contribution is 5.84. The average Bonchev–Trinajstić information content (AvgIpc) is 2.19. The van der Waals surface area contributed by atoms with Crippen LogP contribution in [0.1, 0.15) is 26.3 Å². The third-order valence-electron chi connectivity index (χ3n) is 1.95. The number of benzene rings is 1. The molecule has 2 N–H and O–H groups in total. The third-order valence-corrected chi connectivity index (χ3v) is 1.95. The zero-order valence-electron chi connectivity index (χ0n) is 9.69. The normalized spacial score (nSPS) is 11.7. The van der Waals surface area contributed by atoms with Crippen LogP contribution in [0, 0.1) is 5.41 Å². The first kappa shape index (κ1) is 12.2. The SMILES string of the molecule is CC(C)(C)C(=O)NN=Cc1ccc(O)cc1. The molecular formula is C12H16N2O2. The number of hydrazone groups is 1. The summed E-state index contributed by atoms with van der Waals surface area (Å²) < 4.78 is 0. The minimum Gasteiger partial charge on any atom is -0.508 e. The van der Waals surface area contributed by atoms with Gasteiger partial charge in [0.1, 0.15) is 5.75 Å². The summed E-state index contributed by atoms with van der Waals surface area (Å²) in [6.45, 7) is 5.45. The first-order chi connectivity index (χ1) is 7.39. The van der Waals surface area contributed by atoms with Crippen molar-refractivity contribution in [3.8, 4) is 5.75 Å². The summed E-state index contributed by atoms with van der Waals surface area (Å²) in [4.78, 5) is 11.4. The molecule has 1 rings (SSSR count). The fourth-order valence-electron chi connectivity index (χ4n) is 0.894. The molecule has 86 valence electrons. The number of rotatable bonds is 2. The number of nitrogens with zero attached hydrogens (tertiary/aromatic N) is 1. The molecule has 0 aromatic heterocycles. The van der Waals surface area contributed by atoms with Gasteiger partial charge in [-0.05, 0) is 29.8 Å². The smallest absolute Gasteiger partial charge is 0.245 e. The van der Waals surface area contributed by atoms with Crippen LogP contribution in [-0.2, 0) is 4.79 Å². The number of carbonyl (C=O) groups is 1. The molecule has 0 radical (unpaired) electrons. The lowest BCUT2D eigenvalue weighted by atomic mass is 9.96. The van der Waals surface area contributed by atoms with E-state index in [1.165, 1.54) is 6.21 Å². The molecule has 0 aliphatic heterocycles. The summed E-state index contributed by atoms with van der Waals surface area (Å²) in [6, 6.07) is 6.55. The molecule has 1 amide bonds. The molecule has 0 fully saturated rings. The van der Waals surface area contributed by atoms with Gasteiger partial charge < -0.3 is 5.11 Å². The van der Waals surface area contributed by atoms with Crippen LogP contribution in [0.3, 0.4) is 0 Å². The molecule has 4 nitrogen and oxygen atoms in total. The van der Waals surface area contributed by atoms with Crippen LogP contribution in [0.15, 0.2) is 29.4 Å². The summed E-state index contributed by atoms with van der Waals surface area (Å²) in [5.74, 6) is 0.0680. The molecular weight excluding hydrogens is 204 g/mol. The Morgan fingerprint density at radius 2 is 1.88 bits per heavy atom. The van der Waals surface area contributed by atoms with Gasteiger partial charge in [0.2, 0.25) is 5.91 Å². The van der Waals surface area contributed by atoms with E-state index in [1.807, 2.05) is 20.8 Å². The molecule has 4 heteroatoms. The Morgan fingerprint density at radius 1 is 1.31 bits per heavy atom. The van der Waals surface area contributed by atoms with Crippen molar-refractivity contribution in [1.82, 2.24) is 5.43 Å². The summed E-state index contributed by atoms with van der Waals surface area (Å²) in [5.41, 5.74) is 2.81. The van der Waals surface area contributed by atoms with E-state index >= 15 is 0 Å². The first-order valence-electron chi connectivity index (χ1n) is 5.02. The van der Waals surface area contributed by atoms with Gasteiger partial charge in [-0.25, -0.2) is 5.43 Å². The maximum absolute atomic E-state index is 11.4. The van der Waals surface area contributed by atoms with E-state index in [0.29, 0.717) is 0 Å². The molecule has 0 unspecified atom stereocenters. The Balaban J connectivity index is 2.56. The van der Waals surface area contributed by atoms with Gasteiger partial charge in [0.05, 0.1) is 6.21 Å². The maximum atomic E-state index is 11.4. The van der Waals surface area contributed by atoms with Crippen molar-refractivity contribution in [1.29, 1.82) is 0 Å². The lowest BCUT2D eigenvalue weighted by molar-refractivity contribution is -0.128. The van der Waals surface area contributed by atoms with Gasteiger partial charge >= 0.3 is 0 Å². The van der Waals surface area contributed by atoms with Crippen molar-refractivity contribution in [2.75, 3.05) is 0 Å². The molecule has 0 heterocycles. The Morgan fingerprint density at radius 3 is 2.38 bits per heavy atom. The molecule has 0 atom stereocenters. The van der Waals surface area contributed by atoms with Crippen molar-refractivity contribution in [3.05, 3.63) is 29.8 Å². The second-order valence-electron chi connectivity index (χ2n) is 4.54. The van der Waals surface area contributed by atoms with Gasteiger partial charge in [-0.15, -0.1) is 0 Å². The molecule has 0 saturated heterocycles. The molecule has 0 bridgehead atoms. The Kier molecular flexibility index (Phi) is 3.66. The van der Waals surface area contributed by atoms with E-state index in [-0.39, 0.29) is 11.7 Å². The standard InChI is InChI=1S/C12H16N2O2/c1-12(2,3)11(16)14-13-8-9-4-6-10(15)7-5-9/h4-8,15H,1-3H3,(H,14,16). The molecule has 0 saturated carbocycles. The molecule has 0 spiro atoms. The first-order valence-corrected chi connectivity index (χ1v) is 5.02. The van der Waals surface area contributed by atoms with Gasteiger partial charge in [-0.2, -0.15) is 5.10 Å². The fourth-order valence-corrected chi connectivity index (χ4v) is 0.894. The molecule has 0 aliphatic carbocycles. The van der Waals surface area contributed by atoms with Crippen LogP contribution in [0.2, 0.25) is 0 Å². The number of amides is 1. The van der Waals surface area contributed by atoms with Crippen molar-refractivity contribution in [3.63, 3.8) is 0 Å². The minimum absolute atomic E-state index is 0.137. The molecule has 1 aromatic rings. The summed E-state index contributed by atoms with van der Waals surface area (Å²) >= 11 is 0. The molecule has 16 heavy (non-hydrogen) atoms. The fraction of sp³-hybridized carbons (Fsp3) is 0.333. The quantitative estimate of drug-likeness (QED) is 0.590. The molecule has 1 aromatic carbocycles. The average molecular weight is 220 g/mol. The van der Waals surface area contributed by atoms with E-state index < -0.39 is 5.41 Å². The Labute approximate surface area is 95.0 Å². The number of carbonyl (C=O) groups excluding carboxylic acids is 1. The van der Waals surface area contributed by atoms with Crippen molar-refractivity contribution in [2.45, 2.75) is 20.8 Å². The van der Waals surface area contributed by atoms with Crippen molar-refractivity contribution < 1.29 is 9.90 Å². The van der Waals surface area contributed by atoms with Gasteiger partial charge in [-0.3, -0.25) is 4.79 Å². The van der Waals surface area contributed by atoms with Gasteiger partial charge in [0.15, 0.2) is 0 Å². The van der Waals surface area contributed by atoms with Crippen LogP contribution < -0.4 is 5.43 Å². The number of phenols is 1. The highest BCUT2D eigenvalue weighted by Gasteiger charge is 2.20. The van der Waals surface area contributed by atoms with Crippen LogP contribution in [0.25, 0.3) is 0 Å². The van der Waals surface area contributed by atoms with E-state index in [1.54, 1.807) is 24.3 Å². The van der Waals surface area contributed by atoms with Crippen molar-refractivity contribution >= 4 is 12.1 Å². The molecule has 0 aliphatic rings. The van der Waals surface area contributed by atoms with Crippen LogP contribution in [0.4, 0.5) is 0 Å². The summed E-state index contributed by atoms with van der Waals surface area (Å²) in [5, 5.41) is 12.9. The van der Waals surface area contributed by atoms with E-state index in [4.69, 9.17) is 5.11 Å². The summed E-state index contributed by atoms with van der Waals surface area (Å²) in [6.07, 6.45) is 1.53. The van der Waals surface area contributed by atoms with Gasteiger partial charge in [-0.1, -0.05) is 20.8 Å². The largest absolute Gasteiger partial charge is 0.508 e. The van der Waals surface area contributed by atoms with E-state index in [2.05, 4.69) is 10.5 Å². The topological polar surface area (TPSA) is 61.7 Å². The summed E-state index contributed by atoms with van der Waals surface area (Å²) in [7, 11) is 0. The number of nitrogens with one attached hydrogen (secondary N) is 1. The van der Waals surface area contributed by atoms with E-state index in [0.717, 1.165) is 5.56 Å². The second kappa shape index (κ2) is 4.79. The Bertz CT molecular complexity index is 388. The number of hydrogen-bond donors (Lipinski definition) is 2. The highest BCUT2D eigenvalue weighted by atomic mass is 16.3. The second-order valence-corrected chi connectivity index (χ2v) is 4.54. The van der Waals surface area contributed by atoms with Crippen LogP contribution >= 0.6 is 0 Å². The number of aromatic hydroxyl groups is 1. The highest BCUT2D eigenvalue weighted by Crippen LogP contribution is 2.12. The zero-order valence-corrected chi connectivity index (χ0v) is 9.69. The lowest BCUT2D eigenvalue weighted by Gasteiger charge is -2.14. The van der Waals surface area contributed by atoms with Gasteiger partial charge in [0, 0.05) is 5.41 Å². The number of hydrogen-bond acceptors (Lipinski definition) is 3. The van der Waals surface area contributed by atoms with Gasteiger partial charge in [0.25, 0.3) is 0 Å². The monoisotopic (exact) mass is 220 g/mol. The lowest BCUT2D eigenvalue weighted by Crippen LogP contribution is -2.31. The Hall–Kier alpha value is -1.84. The predicted molar refractivity (Wildman–Crippen MR) is 63.3 cm³/mol.